The second-order valence-electron chi connectivity index (χ2n) is 7.53. The lowest BCUT2D eigenvalue weighted by atomic mass is 10.1. The van der Waals surface area contributed by atoms with E-state index in [0.717, 1.165) is 10.6 Å². The highest BCUT2D eigenvalue weighted by molar-refractivity contribution is 7.90. The van der Waals surface area contributed by atoms with Crippen LogP contribution in [0, 0.1) is 0 Å². The van der Waals surface area contributed by atoms with E-state index in [-0.39, 0.29) is 11.6 Å². The molecule has 0 spiro atoms. The van der Waals surface area contributed by atoms with Crippen molar-refractivity contribution in [3.05, 3.63) is 132 Å². The number of rotatable bonds is 8. The van der Waals surface area contributed by atoms with Crippen molar-refractivity contribution >= 4 is 29.4 Å². The maximum atomic E-state index is 13.4. The number of benzene rings is 4. The molecule has 0 fully saturated rings. The lowest BCUT2D eigenvalue weighted by Gasteiger charge is -2.26. The molecule has 0 saturated carbocycles. The van der Waals surface area contributed by atoms with E-state index < -0.39 is 7.26 Å². The van der Waals surface area contributed by atoms with Crippen molar-refractivity contribution in [2.45, 2.75) is 0 Å². The first kappa shape index (κ1) is 20.9. The van der Waals surface area contributed by atoms with E-state index in [0.29, 0.717) is 23.5 Å². The van der Waals surface area contributed by atoms with Crippen molar-refractivity contribution < 1.29 is 9.59 Å². The number of hydrogen-bond donors (Lipinski definition) is 0. The second-order valence-corrected chi connectivity index (χ2v) is 11.1. The Labute approximate surface area is 183 Å². The number of Topliss-reactive ketones (excluding diaryl/α,β-unsaturated/α-hetero) is 2. The van der Waals surface area contributed by atoms with Crippen LogP contribution < -0.4 is 10.6 Å². The van der Waals surface area contributed by atoms with Crippen LogP contribution in [0.2, 0.25) is 0 Å². The van der Waals surface area contributed by atoms with Crippen molar-refractivity contribution in [1.82, 2.24) is 0 Å². The molecule has 3 heteroatoms. The molecule has 4 aromatic rings. The minimum atomic E-state index is -2.34. The quantitative estimate of drug-likeness (QED) is 0.280. The molecule has 0 bridgehead atoms. The first-order chi connectivity index (χ1) is 15.2. The van der Waals surface area contributed by atoms with Crippen LogP contribution >= 0.6 is 7.26 Å². The summed E-state index contributed by atoms with van der Waals surface area (Å²) in [6.45, 7) is 0. The molecule has 2 nitrogen and oxygen atoms in total. The molecular weight excluding hydrogens is 399 g/mol. The summed E-state index contributed by atoms with van der Waals surface area (Å²) in [6.07, 6.45) is 0.646. The maximum Gasteiger partial charge on any atom is 0.200 e. The molecule has 4 aromatic carbocycles. The lowest BCUT2D eigenvalue weighted by Crippen LogP contribution is -2.33. The third-order valence-electron chi connectivity index (χ3n) is 5.52. The molecule has 0 atom stereocenters. The number of carbonyl (C=O) groups excluding carboxylic acids is 2. The van der Waals surface area contributed by atoms with E-state index in [4.69, 9.17) is 0 Å². The molecule has 0 aromatic heterocycles. The zero-order chi connectivity index (χ0) is 21.5. The van der Waals surface area contributed by atoms with E-state index in [2.05, 4.69) is 24.3 Å². The molecule has 0 saturated heterocycles. The van der Waals surface area contributed by atoms with E-state index in [9.17, 15) is 9.59 Å². The van der Waals surface area contributed by atoms with Crippen LogP contribution in [-0.2, 0) is 0 Å². The van der Waals surface area contributed by atoms with Gasteiger partial charge in [-0.1, -0.05) is 97.1 Å². The van der Waals surface area contributed by atoms with Crippen molar-refractivity contribution in [3.8, 4) is 0 Å². The van der Waals surface area contributed by atoms with Gasteiger partial charge in [0.25, 0.3) is 0 Å². The molecule has 0 radical (unpaired) electrons. The smallest absolute Gasteiger partial charge is 0.200 e. The molecule has 0 unspecified atom stereocenters. The predicted molar refractivity (Wildman–Crippen MR) is 130 cm³/mol. The topological polar surface area (TPSA) is 34.1 Å². The number of ketones is 2. The minimum absolute atomic E-state index is 0.0718. The van der Waals surface area contributed by atoms with E-state index >= 15 is 0 Å². The predicted octanol–water partition coefficient (Wildman–Crippen LogP) is 5.42. The summed E-state index contributed by atoms with van der Waals surface area (Å²) in [5, 5.41) is 2.16. The molecule has 0 aliphatic carbocycles. The number of hydrogen-bond acceptors (Lipinski definition) is 2. The van der Waals surface area contributed by atoms with Crippen LogP contribution in [-0.4, -0.2) is 23.9 Å². The second kappa shape index (κ2) is 9.64. The van der Waals surface area contributed by atoms with Crippen molar-refractivity contribution in [3.63, 3.8) is 0 Å². The average Bonchev–Trinajstić information content (AvgIpc) is 2.85. The third-order valence-corrected chi connectivity index (χ3v) is 9.75. The highest BCUT2D eigenvalue weighted by Gasteiger charge is 2.46. The highest BCUT2D eigenvalue weighted by Crippen LogP contribution is 2.57. The SMILES string of the molecule is O=C(C[P+](CC(=O)c1ccccc1)(c1ccccc1)c1ccccc1)c1ccccc1. The van der Waals surface area contributed by atoms with Crippen molar-refractivity contribution in [2.75, 3.05) is 12.3 Å². The summed E-state index contributed by atoms with van der Waals surface area (Å²) in [6, 6.07) is 38.9. The van der Waals surface area contributed by atoms with Gasteiger partial charge >= 0.3 is 0 Å². The van der Waals surface area contributed by atoms with Crippen LogP contribution in [0.25, 0.3) is 0 Å². The Morgan fingerprint density at radius 1 is 0.452 bits per heavy atom. The zero-order valence-corrected chi connectivity index (χ0v) is 18.1. The Morgan fingerprint density at radius 2 is 0.742 bits per heavy atom. The highest BCUT2D eigenvalue weighted by atomic mass is 31.2. The zero-order valence-electron chi connectivity index (χ0n) is 17.2. The molecular formula is C28H24O2P+. The summed E-state index contributed by atoms with van der Waals surface area (Å²) < 4.78 is 0. The molecule has 4 rings (SSSR count). The van der Waals surface area contributed by atoms with Gasteiger partial charge in [0, 0.05) is 11.1 Å². The van der Waals surface area contributed by atoms with Gasteiger partial charge in [-0.05, 0) is 24.3 Å². The van der Waals surface area contributed by atoms with Gasteiger partial charge in [0.1, 0.15) is 22.9 Å². The monoisotopic (exact) mass is 423 g/mol. The van der Waals surface area contributed by atoms with Crippen LogP contribution in [0.15, 0.2) is 121 Å². The largest absolute Gasteiger partial charge is 0.290 e. The molecule has 152 valence electrons. The normalized spacial score (nSPS) is 11.1. The number of carbonyl (C=O) groups is 2. The van der Waals surface area contributed by atoms with E-state index in [1.54, 1.807) is 0 Å². The van der Waals surface area contributed by atoms with Gasteiger partial charge in [0.2, 0.25) is 11.6 Å². The van der Waals surface area contributed by atoms with E-state index in [1.807, 2.05) is 97.1 Å². The Balaban J connectivity index is 1.84. The first-order valence-corrected chi connectivity index (χ1v) is 12.5. The Bertz CT molecular complexity index is 1050. The summed E-state index contributed by atoms with van der Waals surface area (Å²) in [7, 11) is -2.34. The fraction of sp³-hybridized carbons (Fsp3) is 0.0714. The lowest BCUT2D eigenvalue weighted by molar-refractivity contribution is 0.102. The molecule has 31 heavy (non-hydrogen) atoms. The maximum absolute atomic E-state index is 13.4. The Morgan fingerprint density at radius 3 is 1.06 bits per heavy atom. The van der Waals surface area contributed by atoms with Gasteiger partial charge in [0.05, 0.1) is 7.26 Å². The summed E-state index contributed by atoms with van der Waals surface area (Å²) in [4.78, 5) is 26.9. The van der Waals surface area contributed by atoms with E-state index in [1.165, 1.54) is 0 Å². The fourth-order valence-electron chi connectivity index (χ4n) is 3.92. The molecule has 0 aliphatic heterocycles. The van der Waals surface area contributed by atoms with Gasteiger partial charge in [-0.3, -0.25) is 9.59 Å². The van der Waals surface area contributed by atoms with Gasteiger partial charge in [-0.15, -0.1) is 0 Å². The van der Waals surface area contributed by atoms with Crippen LogP contribution in [0.3, 0.4) is 0 Å². The van der Waals surface area contributed by atoms with Gasteiger partial charge in [0.15, 0.2) is 0 Å². The standard InChI is InChI=1S/C28H24O2P/c29-27(23-13-5-1-6-14-23)21-31(25-17-9-3-10-18-25,26-19-11-4-12-20-26)22-28(30)24-15-7-2-8-16-24/h1-20H,21-22H2/q+1. The summed E-state index contributed by atoms with van der Waals surface area (Å²) in [5.74, 6) is 0.144. The van der Waals surface area contributed by atoms with Crippen molar-refractivity contribution in [2.24, 2.45) is 0 Å². The van der Waals surface area contributed by atoms with Gasteiger partial charge in [-0.25, -0.2) is 0 Å². The Kier molecular flexibility index (Phi) is 6.50. The fourth-order valence-corrected chi connectivity index (χ4v) is 7.89. The van der Waals surface area contributed by atoms with Gasteiger partial charge < -0.3 is 0 Å². The molecule has 0 amide bonds. The first-order valence-electron chi connectivity index (χ1n) is 10.3. The molecule has 0 N–H and O–H groups in total. The van der Waals surface area contributed by atoms with Crippen LogP contribution in [0.5, 0.6) is 0 Å². The van der Waals surface area contributed by atoms with Crippen molar-refractivity contribution in [1.29, 1.82) is 0 Å². The summed E-state index contributed by atoms with van der Waals surface area (Å²) >= 11 is 0. The Hall–Kier alpha value is -3.35. The molecule has 0 heterocycles. The minimum Gasteiger partial charge on any atom is -0.290 e. The van der Waals surface area contributed by atoms with Crippen LogP contribution in [0.4, 0.5) is 0 Å². The summed E-state index contributed by atoms with van der Waals surface area (Å²) in [5.41, 5.74) is 1.37. The van der Waals surface area contributed by atoms with Crippen LogP contribution in [0.1, 0.15) is 20.7 Å². The van der Waals surface area contributed by atoms with Gasteiger partial charge in [-0.2, -0.15) is 0 Å². The molecule has 0 aliphatic rings. The average molecular weight is 423 g/mol. The third kappa shape index (κ3) is 4.71.